The molecule has 2 aromatic rings. The van der Waals surface area contributed by atoms with E-state index in [1.807, 2.05) is 0 Å². The van der Waals surface area contributed by atoms with Crippen LogP contribution in [0.25, 0.3) is 0 Å². The number of carbonyl (C=O) groups is 2. The molecule has 0 fully saturated rings. The standard InChI is InChI=1S/C15H15NO5S/c1-19-12-6-10(15(18)21-3)11(7-13(12)20-2)16-14(17)9-4-5-22-8-9/h4-8H,1-3H3,(H,16,17). The van der Waals surface area contributed by atoms with Crippen LogP contribution in [0.4, 0.5) is 5.69 Å². The molecule has 0 aliphatic heterocycles. The smallest absolute Gasteiger partial charge is 0.340 e. The van der Waals surface area contributed by atoms with Gasteiger partial charge in [0.15, 0.2) is 11.5 Å². The third kappa shape index (κ3) is 3.20. The van der Waals surface area contributed by atoms with Crippen LogP contribution in [0, 0.1) is 0 Å². The minimum atomic E-state index is -0.582. The van der Waals surface area contributed by atoms with Crippen molar-refractivity contribution >= 4 is 28.9 Å². The first-order valence-corrected chi connectivity index (χ1v) is 7.22. The van der Waals surface area contributed by atoms with Crippen molar-refractivity contribution in [3.05, 3.63) is 40.1 Å². The van der Waals surface area contributed by atoms with Crippen LogP contribution in [0.3, 0.4) is 0 Å². The topological polar surface area (TPSA) is 73.9 Å². The van der Waals surface area contributed by atoms with Gasteiger partial charge in [-0.2, -0.15) is 11.3 Å². The number of amides is 1. The molecule has 1 heterocycles. The van der Waals surface area contributed by atoms with Crippen molar-refractivity contribution in [1.82, 2.24) is 0 Å². The lowest BCUT2D eigenvalue weighted by atomic mass is 10.1. The normalized spacial score (nSPS) is 9.95. The maximum atomic E-state index is 12.2. The Morgan fingerprint density at radius 1 is 1.09 bits per heavy atom. The highest BCUT2D eigenvalue weighted by Crippen LogP contribution is 2.34. The van der Waals surface area contributed by atoms with E-state index >= 15 is 0 Å². The molecule has 0 bridgehead atoms. The fourth-order valence-corrected chi connectivity index (χ4v) is 2.49. The number of hydrogen-bond acceptors (Lipinski definition) is 6. The molecule has 0 aliphatic carbocycles. The first kappa shape index (κ1) is 15.8. The molecule has 0 atom stereocenters. The van der Waals surface area contributed by atoms with Gasteiger partial charge in [0.1, 0.15) is 0 Å². The largest absolute Gasteiger partial charge is 0.493 e. The SMILES string of the molecule is COC(=O)c1cc(OC)c(OC)cc1NC(=O)c1ccsc1. The summed E-state index contributed by atoms with van der Waals surface area (Å²) >= 11 is 1.41. The lowest BCUT2D eigenvalue weighted by Crippen LogP contribution is -2.15. The summed E-state index contributed by atoms with van der Waals surface area (Å²) in [6.45, 7) is 0. The second-order valence-electron chi connectivity index (χ2n) is 4.21. The maximum absolute atomic E-state index is 12.2. The van der Waals surface area contributed by atoms with Gasteiger partial charge in [-0.25, -0.2) is 4.79 Å². The number of methoxy groups -OCH3 is 3. The van der Waals surface area contributed by atoms with Gasteiger partial charge in [0.2, 0.25) is 0 Å². The van der Waals surface area contributed by atoms with Crippen LogP contribution >= 0.6 is 11.3 Å². The van der Waals surface area contributed by atoms with Crippen LogP contribution in [0.1, 0.15) is 20.7 Å². The van der Waals surface area contributed by atoms with E-state index < -0.39 is 5.97 Å². The minimum absolute atomic E-state index is 0.184. The summed E-state index contributed by atoms with van der Waals surface area (Å²) in [5.41, 5.74) is 0.986. The van der Waals surface area contributed by atoms with E-state index in [-0.39, 0.29) is 11.5 Å². The summed E-state index contributed by atoms with van der Waals surface area (Å²) in [5.74, 6) is -0.132. The molecular formula is C15H15NO5S. The molecule has 1 aromatic heterocycles. The summed E-state index contributed by atoms with van der Waals surface area (Å²) in [7, 11) is 4.20. The van der Waals surface area contributed by atoms with Gasteiger partial charge >= 0.3 is 5.97 Å². The first-order chi connectivity index (χ1) is 10.6. The molecule has 0 aliphatic rings. The quantitative estimate of drug-likeness (QED) is 0.857. The van der Waals surface area contributed by atoms with E-state index in [0.717, 1.165) is 0 Å². The molecular weight excluding hydrogens is 306 g/mol. The van der Waals surface area contributed by atoms with Gasteiger partial charge in [-0.05, 0) is 11.4 Å². The molecule has 1 aromatic carbocycles. The Morgan fingerprint density at radius 2 is 1.77 bits per heavy atom. The number of ether oxygens (including phenoxy) is 3. The van der Waals surface area contributed by atoms with Gasteiger partial charge in [-0.3, -0.25) is 4.79 Å². The van der Waals surface area contributed by atoms with Gasteiger partial charge in [0.25, 0.3) is 5.91 Å². The van der Waals surface area contributed by atoms with E-state index in [1.54, 1.807) is 16.8 Å². The average Bonchev–Trinajstić information content (AvgIpc) is 3.08. The van der Waals surface area contributed by atoms with E-state index in [0.29, 0.717) is 22.7 Å². The summed E-state index contributed by atoms with van der Waals surface area (Å²) in [6.07, 6.45) is 0. The van der Waals surface area contributed by atoms with Crippen molar-refractivity contribution in [2.45, 2.75) is 0 Å². The van der Waals surface area contributed by atoms with Crippen LogP contribution in [-0.4, -0.2) is 33.2 Å². The Balaban J connectivity index is 2.43. The Kier molecular flexibility index (Phi) is 5.00. The van der Waals surface area contributed by atoms with Crippen LogP contribution < -0.4 is 14.8 Å². The molecule has 1 amide bonds. The van der Waals surface area contributed by atoms with Crippen molar-refractivity contribution in [2.24, 2.45) is 0 Å². The van der Waals surface area contributed by atoms with Crippen molar-refractivity contribution in [3.8, 4) is 11.5 Å². The zero-order chi connectivity index (χ0) is 16.1. The van der Waals surface area contributed by atoms with Crippen molar-refractivity contribution in [2.75, 3.05) is 26.6 Å². The Hall–Kier alpha value is -2.54. The highest BCUT2D eigenvalue weighted by molar-refractivity contribution is 7.08. The Bertz CT molecular complexity index is 681. The zero-order valence-electron chi connectivity index (χ0n) is 12.3. The van der Waals surface area contributed by atoms with Crippen molar-refractivity contribution < 1.29 is 23.8 Å². The third-order valence-electron chi connectivity index (χ3n) is 2.96. The molecule has 0 unspecified atom stereocenters. The lowest BCUT2D eigenvalue weighted by Gasteiger charge is -2.14. The van der Waals surface area contributed by atoms with Crippen LogP contribution in [0.15, 0.2) is 29.0 Å². The fourth-order valence-electron chi connectivity index (χ4n) is 1.85. The van der Waals surface area contributed by atoms with Gasteiger partial charge in [0, 0.05) is 17.5 Å². The van der Waals surface area contributed by atoms with E-state index in [1.165, 1.54) is 44.8 Å². The molecule has 0 saturated carbocycles. The highest BCUT2D eigenvalue weighted by Gasteiger charge is 2.19. The van der Waals surface area contributed by atoms with Crippen molar-refractivity contribution in [3.63, 3.8) is 0 Å². The zero-order valence-corrected chi connectivity index (χ0v) is 13.2. The van der Waals surface area contributed by atoms with Crippen LogP contribution in [-0.2, 0) is 4.74 Å². The average molecular weight is 321 g/mol. The van der Waals surface area contributed by atoms with Gasteiger partial charge in [-0.15, -0.1) is 0 Å². The van der Waals surface area contributed by atoms with Gasteiger partial charge in [-0.1, -0.05) is 0 Å². The molecule has 1 N–H and O–H groups in total. The Morgan fingerprint density at radius 3 is 2.32 bits per heavy atom. The monoisotopic (exact) mass is 321 g/mol. The minimum Gasteiger partial charge on any atom is -0.493 e. The van der Waals surface area contributed by atoms with Gasteiger partial charge < -0.3 is 19.5 Å². The number of anilines is 1. The van der Waals surface area contributed by atoms with E-state index in [2.05, 4.69) is 5.32 Å². The number of carbonyl (C=O) groups excluding carboxylic acids is 2. The number of thiophene rings is 1. The predicted molar refractivity (Wildman–Crippen MR) is 83.2 cm³/mol. The summed E-state index contributed by atoms with van der Waals surface area (Å²) < 4.78 is 15.1. The van der Waals surface area contributed by atoms with E-state index in [9.17, 15) is 9.59 Å². The lowest BCUT2D eigenvalue weighted by molar-refractivity contribution is 0.0601. The summed E-state index contributed by atoms with van der Waals surface area (Å²) in [6, 6.07) is 4.68. The van der Waals surface area contributed by atoms with E-state index in [4.69, 9.17) is 14.2 Å². The van der Waals surface area contributed by atoms with Crippen LogP contribution in [0.5, 0.6) is 11.5 Å². The number of hydrogen-bond donors (Lipinski definition) is 1. The molecule has 22 heavy (non-hydrogen) atoms. The van der Waals surface area contributed by atoms with Crippen LogP contribution in [0.2, 0.25) is 0 Å². The second kappa shape index (κ2) is 6.95. The summed E-state index contributed by atoms with van der Waals surface area (Å²) in [4.78, 5) is 24.1. The number of esters is 1. The molecule has 116 valence electrons. The van der Waals surface area contributed by atoms with Gasteiger partial charge in [0.05, 0.1) is 38.1 Å². The first-order valence-electron chi connectivity index (χ1n) is 6.28. The molecule has 2 rings (SSSR count). The molecule has 0 saturated heterocycles. The third-order valence-corrected chi connectivity index (χ3v) is 3.64. The fraction of sp³-hybridized carbons (Fsp3) is 0.200. The number of benzene rings is 1. The Labute approximate surface area is 131 Å². The number of rotatable bonds is 5. The summed E-state index contributed by atoms with van der Waals surface area (Å²) in [5, 5.41) is 6.20. The maximum Gasteiger partial charge on any atom is 0.340 e. The molecule has 6 nitrogen and oxygen atoms in total. The predicted octanol–water partition coefficient (Wildman–Crippen LogP) is 2.80. The molecule has 7 heteroatoms. The second-order valence-corrected chi connectivity index (χ2v) is 4.99. The molecule has 0 radical (unpaired) electrons. The molecule has 0 spiro atoms. The van der Waals surface area contributed by atoms with Crippen molar-refractivity contribution in [1.29, 1.82) is 0 Å². The highest BCUT2D eigenvalue weighted by atomic mass is 32.1. The number of nitrogens with one attached hydrogen (secondary N) is 1.